The molecule has 0 N–H and O–H groups in total. The summed E-state index contributed by atoms with van der Waals surface area (Å²) in [4.78, 5) is 12.7. The molecule has 0 atom stereocenters. The Hall–Kier alpha value is -2.09. The second kappa shape index (κ2) is 18.2. The van der Waals surface area contributed by atoms with Crippen molar-refractivity contribution in [2.75, 3.05) is 0 Å². The van der Waals surface area contributed by atoms with E-state index in [0.29, 0.717) is 17.2 Å². The average Bonchev–Trinajstić information content (AvgIpc) is 2.95. The standard InChI is InChI=1S/C36H54O2/c1-3-5-7-9-11-13-15-17-31-20-24-34(25-21-31)36(37)38-35-28-26-33(27-29-35)32-22-18-30(19-23-32)16-14-12-10-8-6-4-2/h20-21,24-30,32H,3-19,22-23H2,1-2H3. The predicted octanol–water partition coefficient (Wildman–Crippen LogP) is 11.2. The van der Waals surface area contributed by atoms with Crippen molar-refractivity contribution in [3.8, 4) is 5.75 Å². The molecule has 38 heavy (non-hydrogen) atoms. The Bertz CT molecular complexity index is 875. The van der Waals surface area contributed by atoms with Crippen LogP contribution in [0.4, 0.5) is 0 Å². The number of carbonyl (C=O) groups excluding carboxylic acids is 1. The molecule has 2 aromatic rings. The summed E-state index contributed by atoms with van der Waals surface area (Å²) in [7, 11) is 0. The molecular weight excluding hydrogens is 464 g/mol. The summed E-state index contributed by atoms with van der Waals surface area (Å²) in [6.45, 7) is 4.55. The number of rotatable bonds is 18. The molecule has 0 radical (unpaired) electrons. The number of hydrogen-bond donors (Lipinski definition) is 0. The van der Waals surface area contributed by atoms with Gasteiger partial charge >= 0.3 is 5.97 Å². The molecule has 2 heteroatoms. The van der Waals surface area contributed by atoms with Crippen molar-refractivity contribution in [2.24, 2.45) is 5.92 Å². The van der Waals surface area contributed by atoms with Gasteiger partial charge in [-0.05, 0) is 85.8 Å². The van der Waals surface area contributed by atoms with Crippen LogP contribution in [-0.4, -0.2) is 5.97 Å². The zero-order valence-electron chi connectivity index (χ0n) is 24.5. The number of hydrogen-bond acceptors (Lipinski definition) is 2. The van der Waals surface area contributed by atoms with Gasteiger partial charge < -0.3 is 4.74 Å². The first-order valence-electron chi connectivity index (χ1n) is 16.1. The minimum atomic E-state index is -0.268. The first-order chi connectivity index (χ1) is 18.7. The zero-order chi connectivity index (χ0) is 26.8. The van der Waals surface area contributed by atoms with Crippen molar-refractivity contribution in [1.82, 2.24) is 0 Å². The van der Waals surface area contributed by atoms with Crippen molar-refractivity contribution in [3.63, 3.8) is 0 Å². The Morgan fingerprint density at radius 3 is 1.82 bits per heavy atom. The molecule has 2 nitrogen and oxygen atoms in total. The van der Waals surface area contributed by atoms with Gasteiger partial charge in [0, 0.05) is 0 Å². The monoisotopic (exact) mass is 518 g/mol. The van der Waals surface area contributed by atoms with Crippen LogP contribution in [0.25, 0.3) is 0 Å². The van der Waals surface area contributed by atoms with Crippen LogP contribution >= 0.6 is 0 Å². The van der Waals surface area contributed by atoms with Crippen LogP contribution in [-0.2, 0) is 6.42 Å². The summed E-state index contributed by atoms with van der Waals surface area (Å²) in [6.07, 6.45) is 25.5. The van der Waals surface area contributed by atoms with E-state index in [1.54, 1.807) is 0 Å². The summed E-state index contributed by atoms with van der Waals surface area (Å²) < 4.78 is 5.69. The Morgan fingerprint density at radius 2 is 1.21 bits per heavy atom. The third kappa shape index (κ3) is 11.3. The third-order valence-electron chi connectivity index (χ3n) is 8.63. The van der Waals surface area contributed by atoms with E-state index >= 15 is 0 Å². The molecule has 0 aliphatic heterocycles. The second-order valence-electron chi connectivity index (χ2n) is 11.8. The van der Waals surface area contributed by atoms with Crippen LogP contribution in [0.5, 0.6) is 5.75 Å². The van der Waals surface area contributed by atoms with Crippen molar-refractivity contribution in [2.45, 2.75) is 142 Å². The molecule has 1 aliphatic carbocycles. The maximum atomic E-state index is 12.7. The highest BCUT2D eigenvalue weighted by molar-refractivity contribution is 5.91. The summed E-state index contributed by atoms with van der Waals surface area (Å²) >= 11 is 0. The minimum Gasteiger partial charge on any atom is -0.423 e. The summed E-state index contributed by atoms with van der Waals surface area (Å²) in [5.74, 6) is 1.96. The van der Waals surface area contributed by atoms with Crippen LogP contribution in [0.1, 0.15) is 157 Å². The van der Waals surface area contributed by atoms with E-state index in [-0.39, 0.29) is 5.97 Å². The lowest BCUT2D eigenvalue weighted by Crippen LogP contribution is -2.13. The molecule has 3 rings (SSSR count). The van der Waals surface area contributed by atoms with E-state index in [9.17, 15) is 4.79 Å². The Balaban J connectivity index is 1.34. The number of carbonyl (C=O) groups is 1. The molecule has 0 unspecified atom stereocenters. The van der Waals surface area contributed by atoms with E-state index in [1.807, 2.05) is 24.3 Å². The number of aryl methyl sites for hydroxylation is 1. The molecule has 0 saturated heterocycles. The third-order valence-corrected chi connectivity index (χ3v) is 8.63. The van der Waals surface area contributed by atoms with E-state index < -0.39 is 0 Å². The largest absolute Gasteiger partial charge is 0.423 e. The van der Waals surface area contributed by atoms with Gasteiger partial charge in [0.15, 0.2) is 0 Å². The van der Waals surface area contributed by atoms with Gasteiger partial charge in [0.25, 0.3) is 0 Å². The Labute approximate surface area is 234 Å². The first kappa shape index (κ1) is 30.5. The number of esters is 1. The van der Waals surface area contributed by atoms with E-state index in [1.165, 1.54) is 127 Å². The Morgan fingerprint density at radius 1 is 0.658 bits per heavy atom. The van der Waals surface area contributed by atoms with E-state index in [2.05, 4.69) is 38.1 Å². The number of unbranched alkanes of at least 4 members (excludes halogenated alkanes) is 11. The topological polar surface area (TPSA) is 26.3 Å². The minimum absolute atomic E-state index is 0.268. The van der Waals surface area contributed by atoms with Gasteiger partial charge in [0.1, 0.15) is 5.75 Å². The maximum Gasteiger partial charge on any atom is 0.343 e. The van der Waals surface area contributed by atoms with Gasteiger partial charge in [-0.3, -0.25) is 0 Å². The van der Waals surface area contributed by atoms with Crippen molar-refractivity contribution in [3.05, 3.63) is 65.2 Å². The second-order valence-corrected chi connectivity index (χ2v) is 11.8. The summed E-state index contributed by atoms with van der Waals surface area (Å²) in [5.41, 5.74) is 3.33. The maximum absolute atomic E-state index is 12.7. The molecule has 1 aliphatic rings. The fourth-order valence-corrected chi connectivity index (χ4v) is 6.07. The van der Waals surface area contributed by atoms with Crippen molar-refractivity contribution in [1.29, 1.82) is 0 Å². The molecule has 210 valence electrons. The van der Waals surface area contributed by atoms with Crippen LogP contribution < -0.4 is 4.74 Å². The van der Waals surface area contributed by atoms with Gasteiger partial charge in [-0.15, -0.1) is 0 Å². The lowest BCUT2D eigenvalue weighted by Gasteiger charge is -2.29. The highest BCUT2D eigenvalue weighted by Gasteiger charge is 2.22. The Kier molecular flexibility index (Phi) is 14.6. The highest BCUT2D eigenvalue weighted by atomic mass is 16.5. The van der Waals surface area contributed by atoms with Gasteiger partial charge in [-0.25, -0.2) is 4.79 Å². The quantitative estimate of drug-likeness (QED) is 0.111. The van der Waals surface area contributed by atoms with Crippen LogP contribution in [0.2, 0.25) is 0 Å². The molecule has 2 aromatic carbocycles. The van der Waals surface area contributed by atoms with Gasteiger partial charge in [-0.1, -0.05) is 122 Å². The predicted molar refractivity (Wildman–Crippen MR) is 162 cm³/mol. The molecule has 0 aromatic heterocycles. The van der Waals surface area contributed by atoms with Crippen LogP contribution in [0.15, 0.2) is 48.5 Å². The lowest BCUT2D eigenvalue weighted by molar-refractivity contribution is 0.0734. The molecule has 0 bridgehead atoms. The normalized spacial score (nSPS) is 17.4. The van der Waals surface area contributed by atoms with Gasteiger partial charge in [-0.2, -0.15) is 0 Å². The number of ether oxygens (including phenoxy) is 1. The highest BCUT2D eigenvalue weighted by Crippen LogP contribution is 2.38. The lowest BCUT2D eigenvalue weighted by atomic mass is 9.77. The SMILES string of the molecule is CCCCCCCCCc1ccc(C(=O)Oc2ccc(C3CCC(CCCCCCCC)CC3)cc2)cc1. The molecule has 1 fully saturated rings. The zero-order valence-corrected chi connectivity index (χ0v) is 24.5. The van der Waals surface area contributed by atoms with Crippen LogP contribution in [0.3, 0.4) is 0 Å². The first-order valence-corrected chi connectivity index (χ1v) is 16.1. The van der Waals surface area contributed by atoms with Gasteiger partial charge in [0.2, 0.25) is 0 Å². The van der Waals surface area contributed by atoms with Gasteiger partial charge in [0.05, 0.1) is 5.56 Å². The molecule has 0 amide bonds. The molecular formula is C36H54O2. The average molecular weight is 519 g/mol. The van der Waals surface area contributed by atoms with Crippen molar-refractivity contribution >= 4 is 5.97 Å². The fourth-order valence-electron chi connectivity index (χ4n) is 6.07. The number of benzene rings is 2. The molecule has 0 heterocycles. The summed E-state index contributed by atoms with van der Waals surface area (Å²) in [5, 5.41) is 0. The fraction of sp³-hybridized carbons (Fsp3) is 0.639. The van der Waals surface area contributed by atoms with E-state index in [0.717, 1.165) is 12.3 Å². The summed E-state index contributed by atoms with van der Waals surface area (Å²) in [6, 6.07) is 16.3. The smallest absolute Gasteiger partial charge is 0.343 e. The van der Waals surface area contributed by atoms with Crippen LogP contribution in [0, 0.1) is 5.92 Å². The molecule has 0 spiro atoms. The van der Waals surface area contributed by atoms with Crippen molar-refractivity contribution < 1.29 is 9.53 Å². The van der Waals surface area contributed by atoms with E-state index in [4.69, 9.17) is 4.74 Å². The molecule has 1 saturated carbocycles.